The molecule has 0 unspecified atom stereocenters. The molecule has 2 aromatic carbocycles. The van der Waals surface area contributed by atoms with Gasteiger partial charge in [0.05, 0.1) is 10.5 Å². The monoisotopic (exact) mass is 473 g/mol. The number of amides is 1. The van der Waals surface area contributed by atoms with Crippen molar-refractivity contribution in [2.45, 2.75) is 10.6 Å². The molecule has 0 bridgehead atoms. The lowest BCUT2D eigenvalue weighted by Crippen LogP contribution is -2.49. The lowest BCUT2D eigenvalue weighted by atomic mass is 10.1. The van der Waals surface area contributed by atoms with Crippen LogP contribution < -0.4 is 4.90 Å². The van der Waals surface area contributed by atoms with Gasteiger partial charge in [0.25, 0.3) is 11.6 Å². The number of thiophene rings is 1. The van der Waals surface area contributed by atoms with E-state index in [1.165, 1.54) is 10.9 Å². The summed E-state index contributed by atoms with van der Waals surface area (Å²) in [5, 5.41) is 13.8. The Bertz CT molecular complexity index is 1080. The minimum atomic E-state index is -0.417. The van der Waals surface area contributed by atoms with E-state index in [1.807, 2.05) is 40.1 Å². The minimum Gasteiger partial charge on any atom is -0.362 e. The molecule has 6 nitrogen and oxygen atoms in total. The van der Waals surface area contributed by atoms with Crippen molar-refractivity contribution in [1.82, 2.24) is 4.90 Å². The van der Waals surface area contributed by atoms with Crippen LogP contribution in [0.3, 0.4) is 0 Å². The Labute approximate surface area is 193 Å². The van der Waals surface area contributed by atoms with E-state index in [-0.39, 0.29) is 11.6 Å². The molecule has 31 heavy (non-hydrogen) atoms. The van der Waals surface area contributed by atoms with Crippen molar-refractivity contribution in [3.63, 3.8) is 0 Å². The number of halogens is 1. The molecule has 0 atom stereocenters. The van der Waals surface area contributed by atoms with E-state index in [0.717, 1.165) is 10.6 Å². The maximum Gasteiger partial charge on any atom is 0.294 e. The number of piperazine rings is 1. The van der Waals surface area contributed by atoms with Gasteiger partial charge in [0, 0.05) is 52.8 Å². The largest absolute Gasteiger partial charge is 0.362 e. The van der Waals surface area contributed by atoms with Gasteiger partial charge in [-0.1, -0.05) is 29.8 Å². The van der Waals surface area contributed by atoms with E-state index in [0.29, 0.717) is 42.5 Å². The summed E-state index contributed by atoms with van der Waals surface area (Å²) in [6, 6.07) is 16.5. The number of benzene rings is 2. The molecular formula is C22H20ClN3O3S2. The quantitative estimate of drug-likeness (QED) is 0.266. The van der Waals surface area contributed by atoms with Crippen LogP contribution in [0.2, 0.25) is 5.02 Å². The van der Waals surface area contributed by atoms with Gasteiger partial charge in [-0.25, -0.2) is 0 Å². The van der Waals surface area contributed by atoms with Crippen molar-refractivity contribution in [2.75, 3.05) is 31.1 Å². The summed E-state index contributed by atoms with van der Waals surface area (Å²) in [6.07, 6.45) is 0. The van der Waals surface area contributed by atoms with Crippen LogP contribution in [-0.2, 0) is 5.75 Å². The van der Waals surface area contributed by atoms with Gasteiger partial charge in [0.1, 0.15) is 5.69 Å². The van der Waals surface area contributed by atoms with Crippen molar-refractivity contribution in [3.8, 4) is 0 Å². The highest BCUT2D eigenvalue weighted by molar-refractivity contribution is 7.98. The van der Waals surface area contributed by atoms with Gasteiger partial charge in [-0.3, -0.25) is 14.9 Å². The Morgan fingerprint density at radius 3 is 2.58 bits per heavy atom. The lowest BCUT2D eigenvalue weighted by molar-refractivity contribution is -0.384. The highest BCUT2D eigenvalue weighted by atomic mass is 35.5. The first kappa shape index (κ1) is 21.7. The molecule has 1 aliphatic rings. The fourth-order valence-corrected chi connectivity index (χ4v) is 5.53. The van der Waals surface area contributed by atoms with E-state index in [9.17, 15) is 14.9 Å². The van der Waals surface area contributed by atoms with E-state index < -0.39 is 4.92 Å². The zero-order valence-corrected chi connectivity index (χ0v) is 19.0. The molecule has 1 aliphatic heterocycles. The second-order valence-corrected chi connectivity index (χ2v) is 9.52. The van der Waals surface area contributed by atoms with Gasteiger partial charge in [-0.2, -0.15) is 0 Å². The molecule has 1 fully saturated rings. The number of nitro groups is 1. The number of carbonyl (C=O) groups is 1. The van der Waals surface area contributed by atoms with Gasteiger partial charge in [-0.15, -0.1) is 23.1 Å². The number of nitrogens with zero attached hydrogens (tertiary/aromatic N) is 3. The molecule has 4 rings (SSSR count). The van der Waals surface area contributed by atoms with Gasteiger partial charge < -0.3 is 9.80 Å². The molecule has 0 spiro atoms. The van der Waals surface area contributed by atoms with Crippen molar-refractivity contribution >= 4 is 52.0 Å². The summed E-state index contributed by atoms with van der Waals surface area (Å²) in [6.45, 7) is 2.06. The highest BCUT2D eigenvalue weighted by Gasteiger charge is 2.27. The Kier molecular flexibility index (Phi) is 6.80. The van der Waals surface area contributed by atoms with Crippen LogP contribution in [0.4, 0.5) is 11.4 Å². The predicted molar refractivity (Wildman–Crippen MR) is 127 cm³/mol. The Hall–Kier alpha value is -2.55. The van der Waals surface area contributed by atoms with E-state index in [1.54, 1.807) is 35.2 Å². The molecule has 0 saturated carbocycles. The summed E-state index contributed by atoms with van der Waals surface area (Å²) in [5.41, 5.74) is 1.23. The van der Waals surface area contributed by atoms with Crippen LogP contribution in [0.5, 0.6) is 0 Å². The third-order valence-corrected chi connectivity index (χ3v) is 7.53. The number of thioether (sulfide) groups is 1. The molecule has 2 heterocycles. The van der Waals surface area contributed by atoms with E-state index >= 15 is 0 Å². The topological polar surface area (TPSA) is 66.7 Å². The zero-order valence-electron chi connectivity index (χ0n) is 16.6. The van der Waals surface area contributed by atoms with Crippen LogP contribution in [0.1, 0.15) is 15.2 Å². The molecule has 0 aliphatic carbocycles. The normalized spacial score (nSPS) is 14.0. The summed E-state index contributed by atoms with van der Waals surface area (Å²) >= 11 is 9.30. The Morgan fingerprint density at radius 1 is 1.10 bits per heavy atom. The maximum atomic E-state index is 13.2. The van der Waals surface area contributed by atoms with Gasteiger partial charge >= 0.3 is 0 Å². The van der Waals surface area contributed by atoms with Crippen molar-refractivity contribution in [2.24, 2.45) is 0 Å². The third-order valence-electron chi connectivity index (χ3n) is 5.11. The molecule has 0 radical (unpaired) electrons. The molecule has 3 aromatic rings. The first-order valence-electron chi connectivity index (χ1n) is 9.75. The SMILES string of the molecule is O=C(c1ccccc1SCc1cccs1)N1CCN(c2ccc(Cl)cc2[N+](=O)[O-])CC1. The maximum absolute atomic E-state index is 13.2. The van der Waals surface area contributed by atoms with E-state index in [4.69, 9.17) is 11.6 Å². The fraction of sp³-hybridized carbons (Fsp3) is 0.227. The fourth-order valence-electron chi connectivity index (χ4n) is 3.54. The van der Waals surface area contributed by atoms with Crippen LogP contribution in [-0.4, -0.2) is 41.9 Å². The molecular weight excluding hydrogens is 454 g/mol. The summed E-state index contributed by atoms with van der Waals surface area (Å²) in [5.74, 6) is 0.829. The van der Waals surface area contributed by atoms with E-state index in [2.05, 4.69) is 11.4 Å². The second-order valence-electron chi connectivity index (χ2n) is 7.03. The molecule has 9 heteroatoms. The third kappa shape index (κ3) is 5.03. The molecule has 0 N–H and O–H groups in total. The van der Waals surface area contributed by atoms with Crippen molar-refractivity contribution in [3.05, 3.63) is 85.6 Å². The van der Waals surface area contributed by atoms with Crippen molar-refractivity contribution in [1.29, 1.82) is 0 Å². The average molecular weight is 474 g/mol. The molecule has 160 valence electrons. The zero-order chi connectivity index (χ0) is 21.8. The predicted octanol–water partition coefficient (Wildman–Crippen LogP) is 5.56. The number of anilines is 1. The van der Waals surface area contributed by atoms with Crippen molar-refractivity contribution < 1.29 is 9.72 Å². The smallest absolute Gasteiger partial charge is 0.294 e. The molecule has 1 amide bonds. The Balaban J connectivity index is 1.44. The summed E-state index contributed by atoms with van der Waals surface area (Å²) in [7, 11) is 0. The first-order valence-corrected chi connectivity index (χ1v) is 12.0. The van der Waals surface area contributed by atoms with Crippen LogP contribution in [0.15, 0.2) is 64.9 Å². The second kappa shape index (κ2) is 9.72. The highest BCUT2D eigenvalue weighted by Crippen LogP contribution is 2.32. The average Bonchev–Trinajstić information content (AvgIpc) is 3.31. The summed E-state index contributed by atoms with van der Waals surface area (Å²) in [4.78, 5) is 30.2. The standard InChI is InChI=1S/C22H20ClN3O3S2/c23-16-7-8-19(20(14-16)26(28)29)24-9-11-25(12-10-24)22(27)18-5-1-2-6-21(18)31-15-17-4-3-13-30-17/h1-8,13-14H,9-12,15H2. The summed E-state index contributed by atoms with van der Waals surface area (Å²) < 4.78 is 0. The minimum absolute atomic E-state index is 0.000430. The van der Waals surface area contributed by atoms with Gasteiger partial charge in [0.15, 0.2) is 0 Å². The van der Waals surface area contributed by atoms with Gasteiger partial charge in [0.2, 0.25) is 0 Å². The van der Waals surface area contributed by atoms with Crippen LogP contribution >= 0.6 is 34.7 Å². The van der Waals surface area contributed by atoms with Gasteiger partial charge in [-0.05, 0) is 35.7 Å². The lowest BCUT2D eigenvalue weighted by Gasteiger charge is -2.36. The van der Waals surface area contributed by atoms with Crippen LogP contribution in [0.25, 0.3) is 0 Å². The molecule has 1 aromatic heterocycles. The number of rotatable bonds is 6. The number of carbonyl (C=O) groups excluding carboxylic acids is 1. The number of hydrogen-bond acceptors (Lipinski definition) is 6. The van der Waals surface area contributed by atoms with Crippen LogP contribution in [0, 0.1) is 10.1 Å². The molecule has 1 saturated heterocycles. The first-order chi connectivity index (χ1) is 15.0. The Morgan fingerprint density at radius 2 is 1.87 bits per heavy atom. The number of hydrogen-bond donors (Lipinski definition) is 0. The number of nitro benzene ring substituents is 1.